The van der Waals surface area contributed by atoms with Crippen LogP contribution in [0.25, 0.3) is 0 Å². The lowest BCUT2D eigenvalue weighted by Gasteiger charge is -2.09. The van der Waals surface area contributed by atoms with Gasteiger partial charge >= 0.3 is 11.9 Å². The number of hydrogen-bond donors (Lipinski definition) is 1. The Balaban J connectivity index is 2.32. The zero-order valence-corrected chi connectivity index (χ0v) is 10.6. The highest BCUT2D eigenvalue weighted by Gasteiger charge is 2.16. The fraction of sp³-hybridized carbons (Fsp3) is 0.500. The van der Waals surface area contributed by atoms with Crippen LogP contribution in [0.15, 0.2) is 16.5 Å². The minimum absolute atomic E-state index is 0.291. The first-order valence-corrected chi connectivity index (χ1v) is 6.43. The van der Waals surface area contributed by atoms with Crippen LogP contribution in [0.2, 0.25) is 0 Å². The van der Waals surface area contributed by atoms with E-state index < -0.39 is 16.9 Å². The van der Waals surface area contributed by atoms with Crippen LogP contribution in [0.1, 0.15) is 12.7 Å². The van der Waals surface area contributed by atoms with E-state index >= 15 is 0 Å². The Morgan fingerprint density at radius 2 is 2.39 bits per heavy atom. The van der Waals surface area contributed by atoms with E-state index in [1.54, 1.807) is 6.92 Å². The summed E-state index contributed by atoms with van der Waals surface area (Å²) < 4.78 is 9.71. The summed E-state index contributed by atoms with van der Waals surface area (Å²) >= 11 is 1.35. The number of furan rings is 1. The molecule has 0 aliphatic rings. The molecule has 0 aromatic carbocycles. The van der Waals surface area contributed by atoms with Gasteiger partial charge in [-0.25, -0.2) is 0 Å². The average molecular weight is 274 g/mol. The second kappa shape index (κ2) is 7.02. The van der Waals surface area contributed by atoms with Gasteiger partial charge in [0.15, 0.2) is 0 Å². The van der Waals surface area contributed by atoms with Gasteiger partial charge in [0.1, 0.15) is 16.7 Å². The molecule has 1 heterocycles. The van der Waals surface area contributed by atoms with Crippen LogP contribution in [0.5, 0.6) is 0 Å². The first kappa shape index (κ1) is 14.5. The molecule has 1 aromatic heterocycles. The normalized spacial score (nSPS) is 12.1. The van der Waals surface area contributed by atoms with Crippen molar-refractivity contribution < 1.29 is 18.9 Å². The van der Waals surface area contributed by atoms with Crippen molar-refractivity contribution in [3.05, 3.63) is 28.0 Å². The molecule has 1 unspecified atom stereocenters. The molecule has 7 nitrogen and oxygen atoms in total. The van der Waals surface area contributed by atoms with Crippen molar-refractivity contribution in [2.75, 3.05) is 12.4 Å². The van der Waals surface area contributed by atoms with Gasteiger partial charge in [0.25, 0.3) is 0 Å². The van der Waals surface area contributed by atoms with Crippen molar-refractivity contribution in [2.45, 2.75) is 18.7 Å². The Morgan fingerprint density at radius 1 is 1.67 bits per heavy atom. The van der Waals surface area contributed by atoms with Crippen LogP contribution >= 0.6 is 11.8 Å². The summed E-state index contributed by atoms with van der Waals surface area (Å²) in [4.78, 5) is 21.0. The molecule has 1 rings (SSSR count). The topological polar surface area (TPSA) is 109 Å². The number of thioether (sulfide) groups is 1. The smallest absolute Gasteiger partial charge is 0.433 e. The second-order valence-electron chi connectivity index (χ2n) is 3.37. The number of rotatable bonds is 7. The van der Waals surface area contributed by atoms with Gasteiger partial charge < -0.3 is 14.9 Å². The number of nitro groups is 1. The minimum Gasteiger partial charge on any atom is -0.465 e. The van der Waals surface area contributed by atoms with Crippen LogP contribution in [0, 0.1) is 10.1 Å². The maximum Gasteiger partial charge on any atom is 0.433 e. The molecule has 0 bridgehead atoms. The van der Waals surface area contributed by atoms with Crippen LogP contribution in [0.3, 0.4) is 0 Å². The lowest BCUT2D eigenvalue weighted by molar-refractivity contribution is -0.402. The summed E-state index contributed by atoms with van der Waals surface area (Å²) in [6.07, 6.45) is 0. The fourth-order valence-electron chi connectivity index (χ4n) is 1.15. The van der Waals surface area contributed by atoms with Crippen LogP contribution in [-0.2, 0) is 15.3 Å². The van der Waals surface area contributed by atoms with Crippen molar-refractivity contribution in [2.24, 2.45) is 5.73 Å². The number of carbonyl (C=O) groups excluding carboxylic acids is 1. The van der Waals surface area contributed by atoms with Gasteiger partial charge in [-0.15, -0.1) is 0 Å². The molecule has 2 N–H and O–H groups in total. The lowest BCUT2D eigenvalue weighted by Crippen LogP contribution is -2.34. The van der Waals surface area contributed by atoms with Gasteiger partial charge in [-0.1, -0.05) is 0 Å². The third-order valence-electron chi connectivity index (χ3n) is 1.96. The predicted octanol–water partition coefficient (Wildman–Crippen LogP) is 1.31. The maximum atomic E-state index is 11.2. The Labute approximate surface area is 108 Å². The van der Waals surface area contributed by atoms with Gasteiger partial charge in [-0.05, 0) is 13.0 Å². The third kappa shape index (κ3) is 4.38. The highest BCUT2D eigenvalue weighted by molar-refractivity contribution is 7.98. The lowest BCUT2D eigenvalue weighted by atomic mass is 10.4. The van der Waals surface area contributed by atoms with E-state index in [4.69, 9.17) is 14.9 Å². The first-order valence-electron chi connectivity index (χ1n) is 5.27. The van der Waals surface area contributed by atoms with Crippen molar-refractivity contribution in [1.29, 1.82) is 0 Å². The molecule has 8 heteroatoms. The summed E-state index contributed by atoms with van der Waals surface area (Å²) in [7, 11) is 0. The molecule has 0 spiro atoms. The van der Waals surface area contributed by atoms with E-state index in [2.05, 4.69) is 0 Å². The molecule has 18 heavy (non-hydrogen) atoms. The van der Waals surface area contributed by atoms with E-state index in [1.807, 2.05) is 0 Å². The number of nitrogens with zero attached hydrogens (tertiary/aromatic N) is 1. The van der Waals surface area contributed by atoms with Gasteiger partial charge in [0.2, 0.25) is 0 Å². The molecule has 0 saturated carbocycles. The van der Waals surface area contributed by atoms with E-state index in [0.29, 0.717) is 23.9 Å². The van der Waals surface area contributed by atoms with E-state index in [-0.39, 0.29) is 5.88 Å². The second-order valence-corrected chi connectivity index (χ2v) is 4.40. The summed E-state index contributed by atoms with van der Waals surface area (Å²) in [5, 5.41) is 10.4. The monoisotopic (exact) mass is 274 g/mol. The molecule has 0 radical (unpaired) electrons. The zero-order chi connectivity index (χ0) is 13.5. The zero-order valence-electron chi connectivity index (χ0n) is 9.83. The van der Waals surface area contributed by atoms with Crippen molar-refractivity contribution in [1.82, 2.24) is 0 Å². The van der Waals surface area contributed by atoms with Crippen LogP contribution in [0.4, 0.5) is 5.88 Å². The summed E-state index contributed by atoms with van der Waals surface area (Å²) in [5.41, 5.74) is 5.59. The summed E-state index contributed by atoms with van der Waals surface area (Å²) in [6.45, 7) is 2.00. The Kier molecular flexibility index (Phi) is 5.66. The number of hydrogen-bond acceptors (Lipinski definition) is 7. The molecule has 0 amide bonds. The molecular weight excluding hydrogens is 260 g/mol. The van der Waals surface area contributed by atoms with E-state index in [1.165, 1.54) is 23.9 Å². The van der Waals surface area contributed by atoms with E-state index in [9.17, 15) is 14.9 Å². The Bertz CT molecular complexity index is 420. The number of ether oxygens (including phenoxy) is 1. The Morgan fingerprint density at radius 3 is 2.94 bits per heavy atom. The van der Waals surface area contributed by atoms with Gasteiger partial charge in [0, 0.05) is 5.75 Å². The van der Waals surface area contributed by atoms with Gasteiger partial charge in [0.05, 0.1) is 18.4 Å². The third-order valence-corrected chi connectivity index (χ3v) is 3.04. The minimum atomic E-state index is -0.695. The van der Waals surface area contributed by atoms with Crippen LogP contribution in [-0.4, -0.2) is 29.3 Å². The Hall–Kier alpha value is -1.54. The SMILES string of the molecule is CCOC(=O)C(N)CSCc1ccc([N+](=O)[O-])o1. The summed E-state index contributed by atoms with van der Waals surface area (Å²) in [5.74, 6) is 0.521. The highest BCUT2D eigenvalue weighted by atomic mass is 32.2. The predicted molar refractivity (Wildman–Crippen MR) is 66.1 cm³/mol. The number of carbonyl (C=O) groups is 1. The van der Waals surface area contributed by atoms with E-state index in [0.717, 1.165) is 0 Å². The number of nitrogens with two attached hydrogens (primary N) is 1. The molecule has 0 saturated heterocycles. The largest absolute Gasteiger partial charge is 0.465 e. The van der Waals surface area contributed by atoms with Gasteiger partial charge in [-0.2, -0.15) is 11.8 Å². The van der Waals surface area contributed by atoms with Crippen LogP contribution < -0.4 is 5.73 Å². The molecule has 100 valence electrons. The average Bonchev–Trinajstić information content (AvgIpc) is 2.78. The number of esters is 1. The molecule has 1 atom stereocenters. The van der Waals surface area contributed by atoms with Crippen molar-refractivity contribution in [3.63, 3.8) is 0 Å². The molecule has 0 aliphatic carbocycles. The van der Waals surface area contributed by atoms with Crippen molar-refractivity contribution >= 4 is 23.6 Å². The quantitative estimate of drug-likeness (QED) is 0.453. The molecule has 0 fully saturated rings. The highest BCUT2D eigenvalue weighted by Crippen LogP contribution is 2.20. The molecule has 1 aromatic rings. The molecular formula is C10H14N2O5S. The maximum absolute atomic E-state index is 11.2. The fourth-order valence-corrected chi connectivity index (χ4v) is 2.01. The molecule has 0 aliphatic heterocycles. The summed E-state index contributed by atoms with van der Waals surface area (Å²) in [6, 6.07) is 2.13. The van der Waals surface area contributed by atoms with Crippen molar-refractivity contribution in [3.8, 4) is 0 Å². The first-order chi connectivity index (χ1) is 8.54. The standard InChI is InChI=1S/C10H14N2O5S/c1-2-16-10(13)8(11)6-18-5-7-3-4-9(17-7)12(14)15/h3-4,8H,2,5-6,11H2,1H3. The van der Waals surface area contributed by atoms with Gasteiger partial charge in [-0.3, -0.25) is 14.9 Å².